The van der Waals surface area contributed by atoms with Crippen molar-refractivity contribution in [2.45, 2.75) is 57.5 Å². The van der Waals surface area contributed by atoms with E-state index < -0.39 is 0 Å². The largest absolute Gasteiger partial charge is 0.313 e. The number of nitrogens with zero attached hydrogens (tertiary/aromatic N) is 1. The SMILES string of the molecule is CCN(CC1CCCCN1)C1CCCc2sccc21. The molecule has 19 heavy (non-hydrogen) atoms. The Morgan fingerprint density at radius 1 is 1.32 bits per heavy atom. The van der Waals surface area contributed by atoms with Gasteiger partial charge in [0.05, 0.1) is 0 Å². The van der Waals surface area contributed by atoms with Crippen LogP contribution in [0.1, 0.15) is 55.5 Å². The van der Waals surface area contributed by atoms with E-state index in [-0.39, 0.29) is 0 Å². The van der Waals surface area contributed by atoms with Crippen molar-refractivity contribution in [2.75, 3.05) is 19.6 Å². The van der Waals surface area contributed by atoms with Crippen molar-refractivity contribution in [2.24, 2.45) is 0 Å². The number of thiophene rings is 1. The van der Waals surface area contributed by atoms with E-state index in [1.165, 1.54) is 58.2 Å². The van der Waals surface area contributed by atoms with Crippen LogP contribution in [0.4, 0.5) is 0 Å². The van der Waals surface area contributed by atoms with Gasteiger partial charge in [-0.15, -0.1) is 11.3 Å². The summed E-state index contributed by atoms with van der Waals surface area (Å²) in [6.07, 6.45) is 8.16. The topological polar surface area (TPSA) is 15.3 Å². The summed E-state index contributed by atoms with van der Waals surface area (Å²) in [5.74, 6) is 0. The van der Waals surface area contributed by atoms with Crippen LogP contribution in [0.3, 0.4) is 0 Å². The second-order valence-electron chi connectivity index (χ2n) is 5.94. The molecule has 0 spiro atoms. The van der Waals surface area contributed by atoms with Gasteiger partial charge in [0, 0.05) is 23.5 Å². The van der Waals surface area contributed by atoms with Crippen molar-refractivity contribution in [3.63, 3.8) is 0 Å². The van der Waals surface area contributed by atoms with Gasteiger partial charge in [0.15, 0.2) is 0 Å². The summed E-state index contributed by atoms with van der Waals surface area (Å²) in [4.78, 5) is 4.36. The van der Waals surface area contributed by atoms with E-state index >= 15 is 0 Å². The summed E-state index contributed by atoms with van der Waals surface area (Å²) < 4.78 is 0. The Hall–Kier alpha value is -0.380. The molecule has 1 aromatic heterocycles. The molecule has 2 nitrogen and oxygen atoms in total. The lowest BCUT2D eigenvalue weighted by Gasteiger charge is -2.37. The number of aryl methyl sites for hydroxylation is 1. The zero-order valence-electron chi connectivity index (χ0n) is 12.0. The van der Waals surface area contributed by atoms with E-state index in [1.54, 1.807) is 10.4 Å². The summed E-state index contributed by atoms with van der Waals surface area (Å²) >= 11 is 1.96. The standard InChI is InChI=1S/C16H26N2S/c1-2-18(12-13-6-3-4-10-17-13)15-7-5-8-16-14(15)9-11-19-16/h9,11,13,15,17H,2-8,10,12H2,1H3. The van der Waals surface area contributed by atoms with Gasteiger partial charge < -0.3 is 5.32 Å². The highest BCUT2D eigenvalue weighted by atomic mass is 32.1. The molecule has 2 heterocycles. The van der Waals surface area contributed by atoms with E-state index in [0.717, 1.165) is 6.04 Å². The maximum Gasteiger partial charge on any atom is 0.0359 e. The third kappa shape index (κ3) is 3.04. The summed E-state index contributed by atoms with van der Waals surface area (Å²) in [6.45, 7) is 5.95. The van der Waals surface area contributed by atoms with Crippen LogP contribution in [0.2, 0.25) is 0 Å². The molecule has 1 aromatic rings. The van der Waals surface area contributed by atoms with Gasteiger partial charge in [-0.1, -0.05) is 13.3 Å². The number of hydrogen-bond acceptors (Lipinski definition) is 3. The first-order valence-corrected chi connectivity index (χ1v) is 8.80. The van der Waals surface area contributed by atoms with Crippen molar-refractivity contribution in [1.29, 1.82) is 0 Å². The molecule has 3 rings (SSSR count). The lowest BCUT2D eigenvalue weighted by Crippen LogP contribution is -2.45. The molecule has 106 valence electrons. The highest BCUT2D eigenvalue weighted by molar-refractivity contribution is 7.10. The number of piperidine rings is 1. The molecule has 1 saturated heterocycles. The minimum atomic E-state index is 0.684. The number of fused-ring (bicyclic) bond motifs is 1. The Kier molecular flexibility index (Phi) is 4.57. The van der Waals surface area contributed by atoms with Crippen LogP contribution in [0.25, 0.3) is 0 Å². The zero-order chi connectivity index (χ0) is 13.1. The third-order valence-electron chi connectivity index (χ3n) is 4.73. The minimum absolute atomic E-state index is 0.684. The van der Waals surface area contributed by atoms with Crippen molar-refractivity contribution in [3.8, 4) is 0 Å². The molecule has 0 aromatic carbocycles. The highest BCUT2D eigenvalue weighted by Crippen LogP contribution is 2.37. The molecule has 2 aliphatic rings. The molecule has 1 N–H and O–H groups in total. The van der Waals surface area contributed by atoms with E-state index in [1.807, 2.05) is 11.3 Å². The Balaban J connectivity index is 1.69. The average molecular weight is 278 g/mol. The third-order valence-corrected chi connectivity index (χ3v) is 5.73. The van der Waals surface area contributed by atoms with Crippen LogP contribution < -0.4 is 5.32 Å². The summed E-state index contributed by atoms with van der Waals surface area (Å²) in [6, 6.07) is 3.78. The van der Waals surface area contributed by atoms with E-state index in [2.05, 4.69) is 28.6 Å². The number of rotatable bonds is 4. The fourth-order valence-corrected chi connectivity index (χ4v) is 4.66. The molecule has 2 atom stereocenters. The van der Waals surface area contributed by atoms with Crippen molar-refractivity contribution in [1.82, 2.24) is 10.2 Å². The Morgan fingerprint density at radius 3 is 3.05 bits per heavy atom. The van der Waals surface area contributed by atoms with Gasteiger partial charge in [0.2, 0.25) is 0 Å². The van der Waals surface area contributed by atoms with E-state index in [9.17, 15) is 0 Å². The van der Waals surface area contributed by atoms with Gasteiger partial charge in [-0.05, 0) is 62.2 Å². The lowest BCUT2D eigenvalue weighted by atomic mass is 9.92. The molecular weight excluding hydrogens is 252 g/mol. The van der Waals surface area contributed by atoms with Crippen molar-refractivity contribution in [3.05, 3.63) is 21.9 Å². The van der Waals surface area contributed by atoms with E-state index in [0.29, 0.717) is 6.04 Å². The predicted octanol–water partition coefficient (Wildman–Crippen LogP) is 3.59. The van der Waals surface area contributed by atoms with Gasteiger partial charge in [0.25, 0.3) is 0 Å². The monoisotopic (exact) mass is 278 g/mol. The minimum Gasteiger partial charge on any atom is -0.313 e. The lowest BCUT2D eigenvalue weighted by molar-refractivity contribution is 0.160. The Labute approximate surface area is 121 Å². The number of likely N-dealkylation sites (N-methyl/N-ethyl adjacent to an activating group) is 1. The number of nitrogens with one attached hydrogen (secondary N) is 1. The van der Waals surface area contributed by atoms with Gasteiger partial charge in [-0.25, -0.2) is 0 Å². The first kappa shape index (κ1) is 13.6. The molecule has 1 aliphatic heterocycles. The van der Waals surface area contributed by atoms with Gasteiger partial charge in [-0.3, -0.25) is 4.90 Å². The first-order valence-electron chi connectivity index (χ1n) is 7.92. The van der Waals surface area contributed by atoms with Gasteiger partial charge in [-0.2, -0.15) is 0 Å². The maximum absolute atomic E-state index is 3.70. The summed E-state index contributed by atoms with van der Waals surface area (Å²) in [5.41, 5.74) is 1.63. The van der Waals surface area contributed by atoms with Gasteiger partial charge >= 0.3 is 0 Å². The maximum atomic E-state index is 3.70. The molecule has 1 fully saturated rings. The van der Waals surface area contributed by atoms with Gasteiger partial charge in [0.1, 0.15) is 0 Å². The Bertz CT molecular complexity index is 395. The average Bonchev–Trinajstić information content (AvgIpc) is 2.94. The molecule has 0 radical (unpaired) electrons. The quantitative estimate of drug-likeness (QED) is 0.905. The molecule has 1 aliphatic carbocycles. The van der Waals surface area contributed by atoms with Crippen LogP contribution in [0.5, 0.6) is 0 Å². The van der Waals surface area contributed by atoms with Crippen LogP contribution in [0, 0.1) is 0 Å². The van der Waals surface area contributed by atoms with Crippen LogP contribution in [-0.4, -0.2) is 30.6 Å². The Morgan fingerprint density at radius 2 is 2.26 bits per heavy atom. The summed E-state index contributed by atoms with van der Waals surface area (Å²) in [5, 5.41) is 5.99. The molecule has 2 unspecified atom stereocenters. The van der Waals surface area contributed by atoms with Crippen LogP contribution in [0.15, 0.2) is 11.4 Å². The smallest absolute Gasteiger partial charge is 0.0359 e. The predicted molar refractivity (Wildman–Crippen MR) is 82.9 cm³/mol. The summed E-state index contributed by atoms with van der Waals surface area (Å²) in [7, 11) is 0. The van der Waals surface area contributed by atoms with E-state index in [4.69, 9.17) is 0 Å². The molecular formula is C16H26N2S. The zero-order valence-corrected chi connectivity index (χ0v) is 12.8. The normalized spacial score (nSPS) is 27.5. The molecule has 0 bridgehead atoms. The molecule has 3 heteroatoms. The second kappa shape index (κ2) is 6.38. The second-order valence-corrected chi connectivity index (χ2v) is 6.94. The molecule has 0 saturated carbocycles. The highest BCUT2D eigenvalue weighted by Gasteiger charge is 2.27. The first-order chi connectivity index (χ1) is 9.38. The fourth-order valence-electron chi connectivity index (χ4n) is 3.68. The molecule has 0 amide bonds. The van der Waals surface area contributed by atoms with Crippen molar-refractivity contribution >= 4 is 11.3 Å². The van der Waals surface area contributed by atoms with Crippen molar-refractivity contribution < 1.29 is 0 Å². The van der Waals surface area contributed by atoms with Crippen LogP contribution >= 0.6 is 11.3 Å². The van der Waals surface area contributed by atoms with Crippen LogP contribution in [-0.2, 0) is 6.42 Å². The fraction of sp³-hybridized carbons (Fsp3) is 0.750. The number of hydrogen-bond donors (Lipinski definition) is 1.